The minimum atomic E-state index is -0.299. The Morgan fingerprint density at radius 3 is 3.07 bits per heavy atom. The molecule has 0 saturated carbocycles. The van der Waals surface area contributed by atoms with Gasteiger partial charge in [0.05, 0.1) is 0 Å². The number of rotatable bonds is 5. The normalized spacial score (nSPS) is 9.79. The van der Waals surface area contributed by atoms with E-state index in [1.807, 2.05) is 0 Å². The zero-order valence-electron chi connectivity index (χ0n) is 7.53. The third-order valence-electron chi connectivity index (χ3n) is 1.53. The van der Waals surface area contributed by atoms with E-state index < -0.39 is 0 Å². The highest BCUT2D eigenvalue weighted by Crippen LogP contribution is 2.05. The lowest BCUT2D eigenvalue weighted by Crippen LogP contribution is -2.13. The van der Waals surface area contributed by atoms with Crippen molar-refractivity contribution in [1.82, 2.24) is 9.97 Å². The van der Waals surface area contributed by atoms with Gasteiger partial charge in [-0.3, -0.25) is 4.79 Å². The smallest absolute Gasteiger partial charge is 0.224 e. The summed E-state index contributed by atoms with van der Waals surface area (Å²) in [5, 5.41) is 3.20. The first kappa shape index (κ1) is 10.7. The summed E-state index contributed by atoms with van der Waals surface area (Å²) in [6, 6.07) is 1.70. The van der Waals surface area contributed by atoms with Gasteiger partial charge in [0.1, 0.15) is 5.82 Å². The van der Waals surface area contributed by atoms with Crippen LogP contribution < -0.4 is 11.1 Å². The van der Waals surface area contributed by atoms with Crippen LogP contribution in [-0.4, -0.2) is 22.4 Å². The molecule has 0 bridgehead atoms. The Morgan fingerprint density at radius 2 is 2.43 bits per heavy atom. The third-order valence-corrected chi connectivity index (χ3v) is 1.71. The van der Waals surface area contributed by atoms with Crippen molar-refractivity contribution in [3.8, 4) is 0 Å². The van der Waals surface area contributed by atoms with Crippen LogP contribution in [0.1, 0.15) is 12.8 Å². The van der Waals surface area contributed by atoms with Gasteiger partial charge in [0.25, 0.3) is 0 Å². The molecule has 1 aromatic heterocycles. The lowest BCUT2D eigenvalue weighted by atomic mass is 10.3. The summed E-state index contributed by atoms with van der Waals surface area (Å²) in [7, 11) is 0. The number of hydrogen-bond acceptors (Lipinski definition) is 4. The van der Waals surface area contributed by atoms with Crippen LogP contribution in [-0.2, 0) is 4.79 Å². The maximum absolute atomic E-state index is 10.4. The molecule has 1 aromatic rings. The molecular weight excluding hydrogens is 204 g/mol. The average molecular weight is 215 g/mol. The summed E-state index contributed by atoms with van der Waals surface area (Å²) in [5.41, 5.74) is 4.98. The number of primary amides is 1. The SMILES string of the molecule is NC(=O)CCCNc1ccnc(Cl)n1. The average Bonchev–Trinajstić information content (AvgIpc) is 2.12. The van der Waals surface area contributed by atoms with Gasteiger partial charge in [-0.25, -0.2) is 9.97 Å². The highest BCUT2D eigenvalue weighted by atomic mass is 35.5. The highest BCUT2D eigenvalue weighted by Gasteiger charge is 1.96. The molecule has 0 atom stereocenters. The van der Waals surface area contributed by atoms with Gasteiger partial charge < -0.3 is 11.1 Å². The van der Waals surface area contributed by atoms with Crippen molar-refractivity contribution in [2.24, 2.45) is 5.73 Å². The number of amides is 1. The van der Waals surface area contributed by atoms with Crippen molar-refractivity contribution >= 4 is 23.3 Å². The maximum Gasteiger partial charge on any atom is 0.224 e. The first-order valence-electron chi connectivity index (χ1n) is 4.19. The molecule has 14 heavy (non-hydrogen) atoms. The molecule has 1 heterocycles. The second-order valence-electron chi connectivity index (χ2n) is 2.71. The molecule has 0 aromatic carbocycles. The maximum atomic E-state index is 10.4. The predicted molar refractivity (Wildman–Crippen MR) is 54.0 cm³/mol. The molecule has 1 amide bonds. The number of aromatic nitrogens is 2. The van der Waals surface area contributed by atoms with Crippen LogP contribution >= 0.6 is 11.6 Å². The lowest BCUT2D eigenvalue weighted by Gasteiger charge is -2.03. The van der Waals surface area contributed by atoms with Gasteiger partial charge in [0.15, 0.2) is 0 Å². The molecule has 0 unspecified atom stereocenters. The molecule has 1 rings (SSSR count). The Morgan fingerprint density at radius 1 is 1.64 bits per heavy atom. The van der Waals surface area contributed by atoms with E-state index in [9.17, 15) is 4.79 Å². The number of carbonyl (C=O) groups excluding carboxylic acids is 1. The molecule has 0 fully saturated rings. The zero-order valence-corrected chi connectivity index (χ0v) is 8.29. The Bertz CT molecular complexity index is 318. The molecule has 5 nitrogen and oxygen atoms in total. The topological polar surface area (TPSA) is 80.9 Å². The summed E-state index contributed by atoms with van der Waals surface area (Å²) in [5.74, 6) is 0.349. The summed E-state index contributed by atoms with van der Waals surface area (Å²) in [4.78, 5) is 18.1. The van der Waals surface area contributed by atoms with Crippen molar-refractivity contribution < 1.29 is 4.79 Å². The third kappa shape index (κ3) is 4.04. The van der Waals surface area contributed by atoms with E-state index in [4.69, 9.17) is 17.3 Å². The predicted octanol–water partition coefficient (Wildman–Crippen LogP) is 0.807. The van der Waals surface area contributed by atoms with E-state index >= 15 is 0 Å². The second kappa shape index (κ2) is 5.39. The van der Waals surface area contributed by atoms with Crippen LogP contribution in [0.5, 0.6) is 0 Å². The Hall–Kier alpha value is -1.36. The molecule has 0 aliphatic rings. The number of halogens is 1. The Labute approximate surface area is 86.7 Å². The number of nitrogens with zero attached hydrogens (tertiary/aromatic N) is 2. The molecule has 3 N–H and O–H groups in total. The fraction of sp³-hybridized carbons (Fsp3) is 0.375. The molecule has 0 aliphatic carbocycles. The van der Waals surface area contributed by atoms with Crippen LogP contribution in [0.15, 0.2) is 12.3 Å². The van der Waals surface area contributed by atoms with Crippen molar-refractivity contribution in [2.45, 2.75) is 12.8 Å². The standard InChI is InChI=1S/C8H11ClN4O/c9-8-12-5-3-7(13-8)11-4-1-2-6(10)14/h3,5H,1-2,4H2,(H2,10,14)(H,11,12,13). The summed E-state index contributed by atoms with van der Waals surface area (Å²) < 4.78 is 0. The van der Waals surface area contributed by atoms with E-state index in [-0.39, 0.29) is 11.2 Å². The fourth-order valence-electron chi connectivity index (χ4n) is 0.912. The molecule has 0 spiro atoms. The first-order chi connectivity index (χ1) is 6.68. The molecule has 0 radical (unpaired) electrons. The Balaban J connectivity index is 2.28. The number of hydrogen-bond donors (Lipinski definition) is 2. The van der Waals surface area contributed by atoms with Crippen LogP contribution in [0.2, 0.25) is 5.28 Å². The number of carbonyl (C=O) groups is 1. The minimum Gasteiger partial charge on any atom is -0.370 e. The van der Waals surface area contributed by atoms with Crippen molar-refractivity contribution in [3.05, 3.63) is 17.5 Å². The highest BCUT2D eigenvalue weighted by molar-refractivity contribution is 6.28. The molecule has 6 heteroatoms. The summed E-state index contributed by atoms with van der Waals surface area (Å²) >= 11 is 5.57. The van der Waals surface area contributed by atoms with Gasteiger partial charge >= 0.3 is 0 Å². The van der Waals surface area contributed by atoms with Crippen LogP contribution in [0, 0.1) is 0 Å². The number of anilines is 1. The summed E-state index contributed by atoms with van der Waals surface area (Å²) in [6.45, 7) is 0.635. The van der Waals surface area contributed by atoms with E-state index in [0.717, 1.165) is 0 Å². The van der Waals surface area contributed by atoms with Crippen molar-refractivity contribution in [3.63, 3.8) is 0 Å². The lowest BCUT2D eigenvalue weighted by molar-refractivity contribution is -0.118. The zero-order chi connectivity index (χ0) is 10.4. The quantitative estimate of drug-likeness (QED) is 0.562. The Kier molecular flexibility index (Phi) is 4.12. The molecule has 0 saturated heterocycles. The van der Waals surface area contributed by atoms with E-state index in [2.05, 4.69) is 15.3 Å². The van der Waals surface area contributed by atoms with Gasteiger partial charge in [-0.05, 0) is 24.1 Å². The second-order valence-corrected chi connectivity index (χ2v) is 3.05. The first-order valence-corrected chi connectivity index (χ1v) is 4.57. The van der Waals surface area contributed by atoms with Crippen LogP contribution in [0.25, 0.3) is 0 Å². The van der Waals surface area contributed by atoms with Crippen molar-refractivity contribution in [1.29, 1.82) is 0 Å². The largest absolute Gasteiger partial charge is 0.370 e. The number of nitrogens with two attached hydrogens (primary N) is 1. The van der Waals surface area contributed by atoms with Gasteiger partial charge in [-0.15, -0.1) is 0 Å². The molecule has 0 aliphatic heterocycles. The van der Waals surface area contributed by atoms with Crippen LogP contribution in [0.3, 0.4) is 0 Å². The van der Waals surface area contributed by atoms with Gasteiger partial charge in [0, 0.05) is 19.2 Å². The van der Waals surface area contributed by atoms with Crippen molar-refractivity contribution in [2.75, 3.05) is 11.9 Å². The van der Waals surface area contributed by atoms with Gasteiger partial charge in [0.2, 0.25) is 11.2 Å². The summed E-state index contributed by atoms with van der Waals surface area (Å²) in [6.07, 6.45) is 2.61. The van der Waals surface area contributed by atoms with E-state index in [1.165, 1.54) is 0 Å². The fourth-order valence-corrected chi connectivity index (χ4v) is 1.06. The monoisotopic (exact) mass is 214 g/mol. The molecule has 76 valence electrons. The molecular formula is C8H11ClN4O. The van der Waals surface area contributed by atoms with E-state index in [0.29, 0.717) is 25.2 Å². The minimum absolute atomic E-state index is 0.199. The van der Waals surface area contributed by atoms with Crippen LogP contribution in [0.4, 0.5) is 5.82 Å². The van der Waals surface area contributed by atoms with Gasteiger partial charge in [-0.2, -0.15) is 0 Å². The van der Waals surface area contributed by atoms with Gasteiger partial charge in [-0.1, -0.05) is 0 Å². The van der Waals surface area contributed by atoms with E-state index in [1.54, 1.807) is 12.3 Å². The number of nitrogens with one attached hydrogen (secondary N) is 1.